The van der Waals surface area contributed by atoms with Gasteiger partial charge in [-0.05, 0) is 56.0 Å². The SMILES string of the molecule is Cc1cc(C(C)NC(=O)c2cc(C)c(OCC(C)(F)F)cn2)cc(NCC(C)C)n1. The number of hydrogen-bond donors (Lipinski definition) is 2. The minimum Gasteiger partial charge on any atom is -0.485 e. The second-order valence-electron chi connectivity index (χ2n) is 8.09. The van der Waals surface area contributed by atoms with Crippen LogP contribution < -0.4 is 15.4 Å². The number of alkyl halides is 2. The van der Waals surface area contributed by atoms with Gasteiger partial charge in [0.1, 0.15) is 17.3 Å². The molecule has 6 nitrogen and oxygen atoms in total. The quantitative estimate of drug-likeness (QED) is 0.616. The molecule has 2 rings (SSSR count). The number of rotatable bonds is 9. The number of aromatic nitrogens is 2. The summed E-state index contributed by atoms with van der Waals surface area (Å²) < 4.78 is 31.1. The first-order valence-corrected chi connectivity index (χ1v) is 9.95. The standard InChI is InChI=1S/C22H30F2N4O2/c1-13(2)10-26-20-9-17(8-15(4)27-20)16(5)28-21(29)18-7-14(3)19(11-25-18)30-12-22(6,23)24/h7-9,11,13,16H,10,12H2,1-6H3,(H,26,27)(H,28,29). The molecule has 0 aromatic carbocycles. The average Bonchev–Trinajstić information content (AvgIpc) is 2.64. The number of nitrogens with zero attached hydrogens (tertiary/aromatic N) is 2. The lowest BCUT2D eigenvalue weighted by Crippen LogP contribution is -2.28. The number of ether oxygens (including phenoxy) is 1. The summed E-state index contributed by atoms with van der Waals surface area (Å²) in [7, 11) is 0. The van der Waals surface area contributed by atoms with E-state index in [9.17, 15) is 13.6 Å². The van der Waals surface area contributed by atoms with E-state index < -0.39 is 12.5 Å². The highest BCUT2D eigenvalue weighted by atomic mass is 19.3. The van der Waals surface area contributed by atoms with Gasteiger partial charge in [-0.2, -0.15) is 0 Å². The van der Waals surface area contributed by atoms with Crippen LogP contribution in [0.25, 0.3) is 0 Å². The third-order valence-electron chi connectivity index (χ3n) is 4.29. The second kappa shape index (κ2) is 9.82. The molecular weight excluding hydrogens is 390 g/mol. The maximum absolute atomic E-state index is 13.0. The van der Waals surface area contributed by atoms with Gasteiger partial charge in [-0.15, -0.1) is 0 Å². The molecule has 0 saturated carbocycles. The number of carbonyl (C=O) groups excluding carboxylic acids is 1. The van der Waals surface area contributed by atoms with Crippen LogP contribution in [0.2, 0.25) is 0 Å². The summed E-state index contributed by atoms with van der Waals surface area (Å²) in [5.74, 6) is -1.82. The lowest BCUT2D eigenvalue weighted by molar-refractivity contribution is -0.0232. The molecule has 0 fully saturated rings. The molecule has 2 aromatic heterocycles. The number of pyridine rings is 2. The first-order chi connectivity index (χ1) is 13.9. The lowest BCUT2D eigenvalue weighted by atomic mass is 10.1. The minimum atomic E-state index is -2.94. The summed E-state index contributed by atoms with van der Waals surface area (Å²) in [6, 6.07) is 5.10. The molecule has 0 saturated heterocycles. The normalized spacial score (nSPS) is 12.6. The van der Waals surface area contributed by atoms with Crippen molar-refractivity contribution in [1.82, 2.24) is 15.3 Å². The summed E-state index contributed by atoms with van der Waals surface area (Å²) in [5, 5.41) is 6.21. The summed E-state index contributed by atoms with van der Waals surface area (Å²) in [6.45, 7) is 10.5. The Balaban J connectivity index is 2.07. The van der Waals surface area contributed by atoms with E-state index in [1.165, 1.54) is 12.3 Å². The van der Waals surface area contributed by atoms with E-state index in [0.29, 0.717) is 11.5 Å². The van der Waals surface area contributed by atoms with E-state index in [1.807, 2.05) is 26.0 Å². The van der Waals surface area contributed by atoms with Crippen molar-refractivity contribution in [1.29, 1.82) is 0 Å². The van der Waals surface area contributed by atoms with Gasteiger partial charge in [-0.25, -0.2) is 18.7 Å². The molecule has 1 amide bonds. The van der Waals surface area contributed by atoms with Crippen molar-refractivity contribution in [2.24, 2.45) is 5.92 Å². The number of carbonyl (C=O) groups is 1. The van der Waals surface area contributed by atoms with E-state index >= 15 is 0 Å². The Hall–Kier alpha value is -2.77. The Morgan fingerprint density at radius 3 is 2.50 bits per heavy atom. The number of halogens is 2. The van der Waals surface area contributed by atoms with Crippen molar-refractivity contribution in [3.8, 4) is 5.75 Å². The van der Waals surface area contributed by atoms with Crippen LogP contribution in [-0.2, 0) is 0 Å². The fourth-order valence-electron chi connectivity index (χ4n) is 2.72. The lowest BCUT2D eigenvalue weighted by Gasteiger charge is -2.17. The van der Waals surface area contributed by atoms with E-state index in [1.54, 1.807) is 6.92 Å². The zero-order chi connectivity index (χ0) is 22.5. The van der Waals surface area contributed by atoms with E-state index in [0.717, 1.165) is 30.5 Å². The predicted molar refractivity (Wildman–Crippen MR) is 113 cm³/mol. The first kappa shape index (κ1) is 23.5. The van der Waals surface area contributed by atoms with Crippen LogP contribution in [0, 0.1) is 19.8 Å². The van der Waals surface area contributed by atoms with Gasteiger partial charge in [0.05, 0.1) is 12.2 Å². The molecule has 2 heterocycles. The number of aryl methyl sites for hydroxylation is 2. The second-order valence-corrected chi connectivity index (χ2v) is 8.09. The molecule has 2 aromatic rings. The first-order valence-electron chi connectivity index (χ1n) is 9.95. The molecule has 0 radical (unpaired) electrons. The van der Waals surface area contributed by atoms with Gasteiger partial charge in [0, 0.05) is 19.2 Å². The molecule has 30 heavy (non-hydrogen) atoms. The zero-order valence-electron chi connectivity index (χ0n) is 18.3. The molecule has 2 N–H and O–H groups in total. The smallest absolute Gasteiger partial charge is 0.278 e. The molecular formula is C22H30F2N4O2. The van der Waals surface area contributed by atoms with E-state index in [4.69, 9.17) is 4.74 Å². The summed E-state index contributed by atoms with van der Waals surface area (Å²) >= 11 is 0. The fourth-order valence-corrected chi connectivity index (χ4v) is 2.72. The van der Waals surface area contributed by atoms with Gasteiger partial charge in [-0.1, -0.05) is 13.8 Å². The van der Waals surface area contributed by atoms with Crippen LogP contribution in [0.1, 0.15) is 61.0 Å². The van der Waals surface area contributed by atoms with Crippen LogP contribution in [0.5, 0.6) is 5.75 Å². The minimum absolute atomic E-state index is 0.193. The summed E-state index contributed by atoms with van der Waals surface area (Å²) in [6.07, 6.45) is 1.30. The number of amides is 1. The Morgan fingerprint density at radius 2 is 1.90 bits per heavy atom. The molecule has 8 heteroatoms. The maximum Gasteiger partial charge on any atom is 0.278 e. The predicted octanol–water partition coefficient (Wildman–Crippen LogP) is 4.69. The van der Waals surface area contributed by atoms with Crippen LogP contribution >= 0.6 is 0 Å². The van der Waals surface area contributed by atoms with Crippen molar-refractivity contribution in [3.63, 3.8) is 0 Å². The highest BCUT2D eigenvalue weighted by molar-refractivity contribution is 5.92. The largest absolute Gasteiger partial charge is 0.485 e. The molecule has 1 unspecified atom stereocenters. The van der Waals surface area contributed by atoms with E-state index in [-0.39, 0.29) is 23.4 Å². The van der Waals surface area contributed by atoms with Crippen LogP contribution in [0.3, 0.4) is 0 Å². The van der Waals surface area contributed by atoms with Crippen LogP contribution in [0.4, 0.5) is 14.6 Å². The highest BCUT2D eigenvalue weighted by Gasteiger charge is 2.23. The van der Waals surface area contributed by atoms with Crippen molar-refractivity contribution < 1.29 is 18.3 Å². The Morgan fingerprint density at radius 1 is 1.20 bits per heavy atom. The number of hydrogen-bond acceptors (Lipinski definition) is 5. The number of anilines is 1. The van der Waals surface area contributed by atoms with Gasteiger partial charge in [0.25, 0.3) is 11.8 Å². The van der Waals surface area contributed by atoms with Gasteiger partial charge < -0.3 is 15.4 Å². The van der Waals surface area contributed by atoms with Crippen molar-refractivity contribution in [2.75, 3.05) is 18.5 Å². The van der Waals surface area contributed by atoms with Gasteiger partial charge in [-0.3, -0.25) is 4.79 Å². The molecule has 164 valence electrons. The molecule has 0 aliphatic rings. The van der Waals surface area contributed by atoms with Gasteiger partial charge in [0.2, 0.25) is 0 Å². The molecule has 0 spiro atoms. The zero-order valence-corrected chi connectivity index (χ0v) is 18.3. The summed E-state index contributed by atoms with van der Waals surface area (Å²) in [4.78, 5) is 21.2. The average molecular weight is 421 g/mol. The summed E-state index contributed by atoms with van der Waals surface area (Å²) in [5.41, 5.74) is 2.53. The van der Waals surface area contributed by atoms with Crippen molar-refractivity contribution >= 4 is 11.7 Å². The third-order valence-corrected chi connectivity index (χ3v) is 4.29. The molecule has 0 aliphatic carbocycles. The van der Waals surface area contributed by atoms with Crippen LogP contribution in [-0.4, -0.2) is 34.9 Å². The van der Waals surface area contributed by atoms with Crippen molar-refractivity contribution in [2.45, 2.75) is 53.5 Å². The van der Waals surface area contributed by atoms with Gasteiger partial charge in [0.15, 0.2) is 6.61 Å². The van der Waals surface area contributed by atoms with Crippen molar-refractivity contribution in [3.05, 3.63) is 46.9 Å². The fraction of sp³-hybridized carbons (Fsp3) is 0.500. The Labute approximate surface area is 176 Å². The topological polar surface area (TPSA) is 76.1 Å². The van der Waals surface area contributed by atoms with E-state index in [2.05, 4.69) is 34.4 Å². The molecule has 1 atom stereocenters. The molecule has 0 bridgehead atoms. The number of nitrogens with one attached hydrogen (secondary N) is 2. The highest BCUT2D eigenvalue weighted by Crippen LogP contribution is 2.22. The Kier molecular flexibility index (Phi) is 7.70. The monoisotopic (exact) mass is 420 g/mol. The Bertz CT molecular complexity index is 882. The van der Waals surface area contributed by atoms with Crippen LogP contribution in [0.15, 0.2) is 24.4 Å². The van der Waals surface area contributed by atoms with Gasteiger partial charge >= 0.3 is 0 Å². The maximum atomic E-state index is 13.0. The third kappa shape index (κ3) is 7.24. The molecule has 0 aliphatic heterocycles.